The fourth-order valence-electron chi connectivity index (χ4n) is 3.35. The van der Waals surface area contributed by atoms with Crippen molar-refractivity contribution in [2.24, 2.45) is 4.99 Å². The zero-order valence-electron chi connectivity index (χ0n) is 17.4. The standard InChI is InChI=1S/C19H35N5OS.HI/c1-6-20-19(21-12-17-10-8-9-11-24(17)7-2)23(4)13-16-14-26-18(22-16)15(3)25-5;/h14-15,17H,6-13H2,1-5H3,(H,20,21);1H. The van der Waals surface area contributed by atoms with Gasteiger partial charge < -0.3 is 15.0 Å². The van der Waals surface area contributed by atoms with Gasteiger partial charge >= 0.3 is 0 Å². The SMILES string of the molecule is CCNC(=NCC1CCCCN1CC)N(C)Cc1csc(C(C)OC)n1.I. The number of ether oxygens (including phenoxy) is 1. The molecule has 0 spiro atoms. The third-order valence-corrected chi connectivity index (χ3v) is 6.03. The summed E-state index contributed by atoms with van der Waals surface area (Å²) in [4.78, 5) is 14.4. The Hall–Kier alpha value is -0.450. The number of thiazole rings is 1. The molecule has 0 saturated carbocycles. The van der Waals surface area contributed by atoms with E-state index in [-0.39, 0.29) is 30.1 Å². The first kappa shape index (κ1) is 24.6. The zero-order chi connectivity index (χ0) is 18.9. The van der Waals surface area contributed by atoms with E-state index in [1.165, 1.54) is 25.8 Å². The molecule has 0 radical (unpaired) electrons. The van der Waals surface area contributed by atoms with Crippen molar-refractivity contribution in [3.8, 4) is 0 Å². The lowest BCUT2D eigenvalue weighted by Crippen LogP contribution is -2.43. The maximum absolute atomic E-state index is 5.36. The number of methoxy groups -OCH3 is 1. The van der Waals surface area contributed by atoms with Crippen molar-refractivity contribution in [1.29, 1.82) is 0 Å². The van der Waals surface area contributed by atoms with Crippen LogP contribution in [0.3, 0.4) is 0 Å². The number of guanidine groups is 1. The van der Waals surface area contributed by atoms with E-state index in [0.29, 0.717) is 6.04 Å². The lowest BCUT2D eigenvalue weighted by atomic mass is 10.0. The predicted molar refractivity (Wildman–Crippen MR) is 125 cm³/mol. The number of nitrogens with zero attached hydrogens (tertiary/aromatic N) is 4. The summed E-state index contributed by atoms with van der Waals surface area (Å²) in [5.74, 6) is 0.962. The second kappa shape index (κ2) is 12.9. The molecule has 6 nitrogen and oxygen atoms in total. The lowest BCUT2D eigenvalue weighted by Gasteiger charge is -2.34. The van der Waals surface area contributed by atoms with E-state index in [9.17, 15) is 0 Å². The van der Waals surface area contributed by atoms with Gasteiger partial charge in [0.2, 0.25) is 0 Å². The molecule has 2 atom stereocenters. The molecule has 27 heavy (non-hydrogen) atoms. The molecule has 2 unspecified atom stereocenters. The summed E-state index contributed by atoms with van der Waals surface area (Å²) < 4.78 is 5.36. The summed E-state index contributed by atoms with van der Waals surface area (Å²) >= 11 is 1.66. The Morgan fingerprint density at radius 2 is 2.26 bits per heavy atom. The van der Waals surface area contributed by atoms with Crippen LogP contribution in [0, 0.1) is 0 Å². The maximum atomic E-state index is 5.36. The van der Waals surface area contributed by atoms with Crippen LogP contribution in [0.1, 0.15) is 56.8 Å². The molecule has 0 bridgehead atoms. The Morgan fingerprint density at radius 3 is 2.93 bits per heavy atom. The van der Waals surface area contributed by atoms with E-state index in [2.05, 4.69) is 41.4 Å². The van der Waals surface area contributed by atoms with Gasteiger partial charge in [0.1, 0.15) is 11.1 Å². The molecule has 1 saturated heterocycles. The highest BCUT2D eigenvalue weighted by Gasteiger charge is 2.21. The molecule has 0 amide bonds. The Balaban J connectivity index is 0.00000364. The minimum absolute atomic E-state index is 0. The van der Waals surface area contributed by atoms with Crippen LogP contribution in [0.15, 0.2) is 10.4 Å². The van der Waals surface area contributed by atoms with Crippen molar-refractivity contribution >= 4 is 41.3 Å². The van der Waals surface area contributed by atoms with Gasteiger partial charge in [0.15, 0.2) is 5.96 Å². The molecule has 2 heterocycles. The smallest absolute Gasteiger partial charge is 0.194 e. The fraction of sp³-hybridized carbons (Fsp3) is 0.789. The number of halogens is 1. The Morgan fingerprint density at radius 1 is 1.48 bits per heavy atom. The van der Waals surface area contributed by atoms with E-state index >= 15 is 0 Å². The van der Waals surface area contributed by atoms with Crippen molar-refractivity contribution in [1.82, 2.24) is 20.1 Å². The summed E-state index contributed by atoms with van der Waals surface area (Å²) in [6.45, 7) is 11.2. The summed E-state index contributed by atoms with van der Waals surface area (Å²) in [5.41, 5.74) is 1.06. The number of rotatable bonds is 8. The van der Waals surface area contributed by atoms with Crippen molar-refractivity contribution < 1.29 is 4.74 Å². The minimum Gasteiger partial charge on any atom is -0.375 e. The van der Waals surface area contributed by atoms with Crippen LogP contribution in [0.4, 0.5) is 0 Å². The van der Waals surface area contributed by atoms with Crippen LogP contribution in [0.5, 0.6) is 0 Å². The third-order valence-electron chi connectivity index (χ3n) is 4.97. The minimum atomic E-state index is 0. The highest BCUT2D eigenvalue weighted by atomic mass is 127. The number of hydrogen-bond acceptors (Lipinski definition) is 5. The van der Waals surface area contributed by atoms with Gasteiger partial charge in [-0.3, -0.25) is 9.89 Å². The average molecular weight is 510 g/mol. The molecule has 0 aliphatic carbocycles. The van der Waals surface area contributed by atoms with Crippen molar-refractivity contribution in [2.75, 3.05) is 40.3 Å². The Kier molecular flexibility index (Phi) is 11.7. The van der Waals surface area contributed by atoms with Crippen molar-refractivity contribution in [3.63, 3.8) is 0 Å². The van der Waals surface area contributed by atoms with Crippen molar-refractivity contribution in [2.45, 2.75) is 58.7 Å². The van der Waals surface area contributed by atoms with Gasteiger partial charge in [0.25, 0.3) is 0 Å². The molecule has 1 fully saturated rings. The molecule has 1 N–H and O–H groups in total. The van der Waals surface area contributed by atoms with Crippen LogP contribution in [-0.4, -0.2) is 67.1 Å². The largest absolute Gasteiger partial charge is 0.375 e. The number of aliphatic imine (C=N–C) groups is 1. The number of aromatic nitrogens is 1. The molecule has 1 aliphatic heterocycles. The first-order valence-electron chi connectivity index (χ1n) is 9.79. The van der Waals surface area contributed by atoms with Crippen LogP contribution < -0.4 is 5.32 Å². The van der Waals surface area contributed by atoms with Gasteiger partial charge in [-0.05, 0) is 39.8 Å². The van der Waals surface area contributed by atoms with E-state index in [1.54, 1.807) is 18.4 Å². The number of likely N-dealkylation sites (N-methyl/N-ethyl adjacent to an activating group) is 1. The van der Waals surface area contributed by atoms with Crippen LogP contribution in [-0.2, 0) is 11.3 Å². The quantitative estimate of drug-likeness (QED) is 0.329. The molecule has 1 aromatic rings. The summed E-state index contributed by atoms with van der Waals surface area (Å²) in [5, 5.41) is 6.57. The topological polar surface area (TPSA) is 53.0 Å². The number of nitrogens with one attached hydrogen (secondary N) is 1. The first-order chi connectivity index (χ1) is 12.6. The predicted octanol–water partition coefficient (Wildman–Crippen LogP) is 3.74. The van der Waals surface area contributed by atoms with Crippen LogP contribution in [0.25, 0.3) is 0 Å². The van der Waals surface area contributed by atoms with E-state index in [4.69, 9.17) is 14.7 Å². The lowest BCUT2D eigenvalue weighted by molar-refractivity contribution is 0.119. The van der Waals surface area contributed by atoms with Gasteiger partial charge in [-0.25, -0.2) is 4.98 Å². The second-order valence-corrected chi connectivity index (χ2v) is 7.77. The van der Waals surface area contributed by atoms with E-state index < -0.39 is 0 Å². The van der Waals surface area contributed by atoms with Gasteiger partial charge in [-0.15, -0.1) is 35.3 Å². The van der Waals surface area contributed by atoms with Crippen molar-refractivity contribution in [3.05, 3.63) is 16.1 Å². The van der Waals surface area contributed by atoms with Gasteiger partial charge in [0.05, 0.1) is 18.8 Å². The number of piperidine rings is 1. The monoisotopic (exact) mass is 509 g/mol. The van der Waals surface area contributed by atoms with E-state index in [0.717, 1.165) is 42.8 Å². The fourth-order valence-corrected chi connectivity index (χ4v) is 4.19. The summed E-state index contributed by atoms with van der Waals surface area (Å²) in [6, 6.07) is 0.573. The molecule has 156 valence electrons. The molecular formula is C19H36IN5OS. The first-order valence-corrected chi connectivity index (χ1v) is 10.7. The zero-order valence-corrected chi connectivity index (χ0v) is 20.5. The van der Waals surface area contributed by atoms with Crippen LogP contribution in [0.2, 0.25) is 0 Å². The number of hydrogen-bond donors (Lipinski definition) is 1. The van der Waals surface area contributed by atoms with E-state index in [1.807, 2.05) is 6.92 Å². The normalized spacial score (nSPS) is 19.4. The highest BCUT2D eigenvalue weighted by molar-refractivity contribution is 14.0. The summed E-state index contributed by atoms with van der Waals surface area (Å²) in [7, 11) is 3.80. The molecule has 1 aliphatic rings. The molecular weight excluding hydrogens is 473 g/mol. The number of likely N-dealkylation sites (tertiary alicyclic amines) is 1. The van der Waals surface area contributed by atoms with Gasteiger partial charge in [0, 0.05) is 32.1 Å². The highest BCUT2D eigenvalue weighted by Crippen LogP contribution is 2.21. The Labute approximate surface area is 185 Å². The molecule has 8 heteroatoms. The summed E-state index contributed by atoms with van der Waals surface area (Å²) in [6.07, 6.45) is 3.94. The third kappa shape index (κ3) is 7.47. The molecule has 1 aromatic heterocycles. The van der Waals surface area contributed by atoms with Gasteiger partial charge in [-0.2, -0.15) is 0 Å². The van der Waals surface area contributed by atoms with Gasteiger partial charge in [-0.1, -0.05) is 13.3 Å². The van der Waals surface area contributed by atoms with Crippen LogP contribution >= 0.6 is 35.3 Å². The molecule has 2 rings (SSSR count). The maximum Gasteiger partial charge on any atom is 0.194 e. The second-order valence-electron chi connectivity index (χ2n) is 6.88. The Bertz CT molecular complexity index is 568. The molecule has 0 aromatic carbocycles. The average Bonchev–Trinajstić information content (AvgIpc) is 3.13.